The number of nitrogens with zero attached hydrogens (tertiary/aromatic N) is 2. The first-order valence-electron chi connectivity index (χ1n) is 8.21. The van der Waals surface area contributed by atoms with Gasteiger partial charge in [-0.3, -0.25) is 4.79 Å². The summed E-state index contributed by atoms with van der Waals surface area (Å²) in [4.78, 5) is 31.1. The molecule has 32 heavy (non-hydrogen) atoms. The first kappa shape index (κ1) is 26.4. The quantitative estimate of drug-likeness (QED) is 0.522. The van der Waals surface area contributed by atoms with Crippen LogP contribution in [-0.4, -0.2) is 27.0 Å². The second-order valence-electron chi connectivity index (χ2n) is 6.03. The minimum Gasteiger partial charge on any atom is -1.00 e. The van der Waals surface area contributed by atoms with E-state index in [1.54, 1.807) is 0 Å². The van der Waals surface area contributed by atoms with Crippen molar-refractivity contribution in [1.29, 1.82) is 0 Å². The Kier molecular flexibility index (Phi) is 8.55. The van der Waals surface area contributed by atoms with E-state index in [0.29, 0.717) is 0 Å². The second kappa shape index (κ2) is 10.4. The topological polar surface area (TPSA) is 92.2 Å². The zero-order chi connectivity index (χ0) is 22.9. The minimum absolute atomic E-state index is 0. The standard InChI is InChI=1S/C19H9Cl3F3N3O3.Na.H/c20-11-2-1-8(16-26-4-3-14(27-16)19(23,24)25)5-10(11)17(29)28-15-12(21)6-9(18(30)31)7-13(15)22;;/h1-7H,(H,28,29)(H,30,31);;/q;+1;-1. The Labute approximate surface area is 217 Å². The molecule has 1 amide bonds. The van der Waals surface area contributed by atoms with E-state index in [4.69, 9.17) is 39.9 Å². The number of aromatic nitrogens is 2. The average molecular weight is 515 g/mol. The molecule has 0 spiro atoms. The number of aromatic carboxylic acids is 1. The number of carbonyl (C=O) groups excluding carboxylic acids is 1. The van der Waals surface area contributed by atoms with Crippen molar-refractivity contribution in [3.05, 3.63) is 74.5 Å². The van der Waals surface area contributed by atoms with Gasteiger partial charge in [-0.2, -0.15) is 13.2 Å². The average Bonchev–Trinajstić information content (AvgIpc) is 2.70. The fourth-order valence-electron chi connectivity index (χ4n) is 2.49. The van der Waals surface area contributed by atoms with Crippen LogP contribution in [0.3, 0.4) is 0 Å². The van der Waals surface area contributed by atoms with Gasteiger partial charge in [-0.05, 0) is 36.4 Å². The van der Waals surface area contributed by atoms with Gasteiger partial charge in [0, 0.05) is 11.8 Å². The molecule has 6 nitrogen and oxygen atoms in total. The van der Waals surface area contributed by atoms with Gasteiger partial charge in [-0.25, -0.2) is 14.8 Å². The zero-order valence-electron chi connectivity index (χ0n) is 17.0. The third-order valence-electron chi connectivity index (χ3n) is 3.94. The van der Waals surface area contributed by atoms with Crippen molar-refractivity contribution in [3.8, 4) is 11.4 Å². The van der Waals surface area contributed by atoms with Crippen molar-refractivity contribution in [1.82, 2.24) is 9.97 Å². The maximum absolute atomic E-state index is 12.9. The summed E-state index contributed by atoms with van der Waals surface area (Å²) in [7, 11) is 0. The van der Waals surface area contributed by atoms with Crippen molar-refractivity contribution < 1.29 is 58.9 Å². The van der Waals surface area contributed by atoms with Crippen molar-refractivity contribution in [2.24, 2.45) is 0 Å². The summed E-state index contributed by atoms with van der Waals surface area (Å²) in [5.74, 6) is -2.31. The first-order valence-corrected chi connectivity index (χ1v) is 9.34. The number of carboxylic acids is 1. The Morgan fingerprint density at radius 2 is 1.62 bits per heavy atom. The second-order valence-corrected chi connectivity index (χ2v) is 7.25. The van der Waals surface area contributed by atoms with Crippen LogP contribution in [0.1, 0.15) is 27.8 Å². The molecule has 0 unspecified atom stereocenters. The zero-order valence-corrected chi connectivity index (χ0v) is 20.2. The third kappa shape index (κ3) is 5.92. The molecule has 2 aromatic carbocycles. The molecule has 3 rings (SSSR count). The van der Waals surface area contributed by atoms with Crippen LogP contribution < -0.4 is 34.9 Å². The molecule has 0 radical (unpaired) electrons. The number of carbonyl (C=O) groups is 2. The number of rotatable bonds is 4. The van der Waals surface area contributed by atoms with Gasteiger partial charge in [0.05, 0.1) is 31.9 Å². The summed E-state index contributed by atoms with van der Waals surface area (Å²) in [5, 5.41) is 11.2. The van der Waals surface area contributed by atoms with Crippen LogP contribution in [0.4, 0.5) is 18.9 Å². The molecule has 1 aromatic heterocycles. The summed E-state index contributed by atoms with van der Waals surface area (Å²) in [5.41, 5.74) is -1.39. The van der Waals surface area contributed by atoms with Crippen molar-refractivity contribution in [2.45, 2.75) is 6.18 Å². The van der Waals surface area contributed by atoms with Crippen LogP contribution in [0.5, 0.6) is 0 Å². The molecule has 162 valence electrons. The van der Waals surface area contributed by atoms with Crippen molar-refractivity contribution >= 4 is 52.4 Å². The van der Waals surface area contributed by atoms with Gasteiger partial charge in [0.25, 0.3) is 5.91 Å². The molecular weight excluding hydrogens is 505 g/mol. The number of benzene rings is 2. The number of carboxylic acid groups (broad SMARTS) is 1. The number of hydrogen-bond donors (Lipinski definition) is 2. The van der Waals surface area contributed by atoms with Crippen molar-refractivity contribution in [3.63, 3.8) is 0 Å². The van der Waals surface area contributed by atoms with E-state index in [-0.39, 0.29) is 74.3 Å². The molecule has 0 bridgehead atoms. The van der Waals surface area contributed by atoms with E-state index in [1.807, 2.05) is 0 Å². The number of anilines is 1. The Bertz CT molecular complexity index is 1190. The van der Waals surface area contributed by atoms with Crippen LogP contribution in [0.25, 0.3) is 11.4 Å². The molecule has 0 aliphatic rings. The van der Waals surface area contributed by atoms with Crippen LogP contribution in [0, 0.1) is 0 Å². The maximum atomic E-state index is 12.9. The first-order chi connectivity index (χ1) is 14.5. The van der Waals surface area contributed by atoms with Gasteiger partial charge in [0.2, 0.25) is 0 Å². The molecule has 1 heterocycles. The predicted octanol–water partition coefficient (Wildman–Crippen LogP) is 3.19. The van der Waals surface area contributed by atoms with Gasteiger partial charge >= 0.3 is 41.7 Å². The largest absolute Gasteiger partial charge is 1.00 e. The molecule has 0 aliphatic heterocycles. The number of alkyl halides is 3. The Morgan fingerprint density at radius 1 is 1.00 bits per heavy atom. The third-order valence-corrected chi connectivity index (χ3v) is 4.87. The molecule has 0 saturated carbocycles. The van der Waals surface area contributed by atoms with Gasteiger partial charge in [0.15, 0.2) is 5.82 Å². The summed E-state index contributed by atoms with van der Waals surface area (Å²) in [6, 6.07) is 6.78. The molecule has 0 fully saturated rings. The van der Waals surface area contributed by atoms with E-state index in [9.17, 15) is 22.8 Å². The molecule has 2 N–H and O–H groups in total. The van der Waals surface area contributed by atoms with E-state index in [2.05, 4.69) is 15.3 Å². The molecule has 13 heteroatoms. The summed E-state index contributed by atoms with van der Waals surface area (Å²) < 4.78 is 38.7. The van der Waals surface area contributed by atoms with Gasteiger partial charge in [-0.1, -0.05) is 34.8 Å². The number of halogens is 6. The Hall–Kier alpha value is -1.88. The van der Waals surface area contributed by atoms with Crippen LogP contribution >= 0.6 is 34.8 Å². The number of nitrogens with one attached hydrogen (secondary N) is 1. The molecule has 0 aliphatic carbocycles. The number of hydrogen-bond acceptors (Lipinski definition) is 4. The van der Waals surface area contributed by atoms with E-state index in [1.165, 1.54) is 18.2 Å². The molecule has 0 atom stereocenters. The van der Waals surface area contributed by atoms with Crippen LogP contribution in [0.2, 0.25) is 15.1 Å². The monoisotopic (exact) mass is 513 g/mol. The summed E-state index contributed by atoms with van der Waals surface area (Å²) in [6.45, 7) is 0. The van der Waals surface area contributed by atoms with Crippen molar-refractivity contribution in [2.75, 3.05) is 5.32 Å². The van der Waals surface area contributed by atoms with E-state index < -0.39 is 23.7 Å². The maximum Gasteiger partial charge on any atom is 1.00 e. The molecule has 0 saturated heterocycles. The van der Waals surface area contributed by atoms with Gasteiger partial charge < -0.3 is 11.8 Å². The molecular formula is C19H10Cl3F3N3NaO3. The summed E-state index contributed by atoms with van der Waals surface area (Å²) >= 11 is 18.1. The smallest absolute Gasteiger partial charge is 1.00 e. The normalized spacial score (nSPS) is 10.9. The number of amides is 1. The SMILES string of the molecule is O=C(O)c1cc(Cl)c(NC(=O)c2cc(-c3nccc(C(F)(F)F)n3)ccc2Cl)c(Cl)c1.[H-].[Na+]. The Balaban J connectivity index is 0.00000272. The van der Waals surface area contributed by atoms with E-state index in [0.717, 1.165) is 24.4 Å². The molecule has 3 aromatic rings. The van der Waals surface area contributed by atoms with Crippen LogP contribution in [-0.2, 0) is 6.18 Å². The minimum atomic E-state index is -4.67. The van der Waals surface area contributed by atoms with Crippen LogP contribution in [0.15, 0.2) is 42.6 Å². The van der Waals surface area contributed by atoms with Gasteiger partial charge in [-0.15, -0.1) is 0 Å². The fourth-order valence-corrected chi connectivity index (χ4v) is 3.28. The Morgan fingerprint density at radius 3 is 2.19 bits per heavy atom. The van der Waals surface area contributed by atoms with E-state index >= 15 is 0 Å². The predicted molar refractivity (Wildman–Crippen MR) is 110 cm³/mol. The fraction of sp³-hybridized carbons (Fsp3) is 0.0526. The summed E-state index contributed by atoms with van der Waals surface area (Å²) in [6.07, 6.45) is -3.72. The van der Waals surface area contributed by atoms with Gasteiger partial charge in [0.1, 0.15) is 5.69 Å².